The van der Waals surface area contributed by atoms with E-state index in [0.29, 0.717) is 17.1 Å². The number of nitrogens with zero attached hydrogens (tertiary/aromatic N) is 2. The molecule has 0 saturated carbocycles. The van der Waals surface area contributed by atoms with Crippen LogP contribution in [-0.2, 0) is 16.1 Å². The number of thioether (sulfide) groups is 1. The zero-order valence-corrected chi connectivity index (χ0v) is 21.8. The predicted molar refractivity (Wildman–Crippen MR) is 149 cm³/mol. The molecule has 1 saturated heterocycles. The maximum Gasteiger partial charge on any atom is 0.294 e. The van der Waals surface area contributed by atoms with E-state index in [4.69, 9.17) is 0 Å². The van der Waals surface area contributed by atoms with Gasteiger partial charge in [-0.05, 0) is 73.5 Å². The number of nitrogens with one attached hydrogen (secondary N) is 1. The minimum atomic E-state index is -0.458. The van der Waals surface area contributed by atoms with Gasteiger partial charge in [-0.25, -0.2) is 0 Å². The lowest BCUT2D eigenvalue weighted by Crippen LogP contribution is -2.36. The number of rotatable bonds is 6. The predicted octanol–water partition coefficient (Wildman–Crippen LogP) is 6.29. The van der Waals surface area contributed by atoms with E-state index in [1.807, 2.05) is 62.5 Å². The van der Waals surface area contributed by atoms with E-state index >= 15 is 0 Å². The van der Waals surface area contributed by atoms with Crippen LogP contribution in [0.15, 0.2) is 77.8 Å². The lowest BCUT2D eigenvalue weighted by molar-refractivity contribution is -0.127. The van der Waals surface area contributed by atoms with Crippen molar-refractivity contribution in [2.24, 2.45) is 0 Å². The first-order chi connectivity index (χ1) is 17.8. The van der Waals surface area contributed by atoms with Gasteiger partial charge in [-0.15, -0.1) is 0 Å². The summed E-state index contributed by atoms with van der Waals surface area (Å²) in [6.07, 6.45) is 3.76. The van der Waals surface area contributed by atoms with Gasteiger partial charge in [0.1, 0.15) is 6.54 Å². The quantitative estimate of drug-likeness (QED) is 0.310. The van der Waals surface area contributed by atoms with Crippen molar-refractivity contribution in [3.05, 3.63) is 106 Å². The Hall–Kier alpha value is -4.10. The van der Waals surface area contributed by atoms with Crippen molar-refractivity contribution in [3.8, 4) is 0 Å². The number of fused-ring (bicyclic) bond motifs is 1. The topological polar surface area (TPSA) is 71.4 Å². The van der Waals surface area contributed by atoms with Crippen LogP contribution in [-0.4, -0.2) is 33.1 Å². The number of para-hydroxylation sites is 1. The zero-order chi connectivity index (χ0) is 26.1. The molecule has 0 atom stereocenters. The lowest BCUT2D eigenvalue weighted by atomic mass is 10.1. The monoisotopic (exact) mass is 509 g/mol. The van der Waals surface area contributed by atoms with Crippen LogP contribution in [0.25, 0.3) is 17.0 Å². The largest absolute Gasteiger partial charge is 0.342 e. The first kappa shape index (κ1) is 24.6. The molecule has 0 bridgehead atoms. The number of amides is 3. The highest BCUT2D eigenvalue weighted by atomic mass is 32.2. The first-order valence-corrected chi connectivity index (χ1v) is 12.9. The molecule has 0 radical (unpaired) electrons. The van der Waals surface area contributed by atoms with Gasteiger partial charge in [0.15, 0.2) is 0 Å². The van der Waals surface area contributed by atoms with Gasteiger partial charge in [-0.3, -0.25) is 19.3 Å². The molecule has 1 fully saturated rings. The number of hydrogen-bond acceptors (Lipinski definition) is 4. The maximum absolute atomic E-state index is 13.1. The molecule has 4 aromatic rings. The van der Waals surface area contributed by atoms with E-state index in [-0.39, 0.29) is 6.54 Å². The smallest absolute Gasteiger partial charge is 0.294 e. The summed E-state index contributed by atoms with van der Waals surface area (Å²) in [6, 6.07) is 22.0. The van der Waals surface area contributed by atoms with Crippen LogP contribution in [0.2, 0.25) is 0 Å². The maximum atomic E-state index is 13.1. The summed E-state index contributed by atoms with van der Waals surface area (Å²) in [4.78, 5) is 39.7. The molecule has 186 valence electrons. The fourth-order valence-corrected chi connectivity index (χ4v) is 5.30. The normalized spacial score (nSPS) is 14.7. The molecule has 1 aromatic heterocycles. The molecule has 1 aliphatic heterocycles. The van der Waals surface area contributed by atoms with Crippen LogP contribution in [0.4, 0.5) is 10.5 Å². The molecule has 0 spiro atoms. The Kier molecular flexibility index (Phi) is 6.72. The van der Waals surface area contributed by atoms with Gasteiger partial charge < -0.3 is 9.88 Å². The summed E-state index contributed by atoms with van der Waals surface area (Å²) in [5.74, 6) is -0.873. The molecule has 3 amide bonds. The number of carbonyl (C=O) groups excluding carboxylic acids is 3. The van der Waals surface area contributed by atoms with Gasteiger partial charge in [0.2, 0.25) is 5.91 Å². The number of carbonyl (C=O) groups is 3. The van der Waals surface area contributed by atoms with E-state index in [0.717, 1.165) is 44.3 Å². The number of anilines is 1. The lowest BCUT2D eigenvalue weighted by Gasteiger charge is -2.13. The van der Waals surface area contributed by atoms with Crippen molar-refractivity contribution in [3.63, 3.8) is 0 Å². The van der Waals surface area contributed by atoms with Gasteiger partial charge in [-0.2, -0.15) is 0 Å². The average Bonchev–Trinajstić information content (AvgIpc) is 3.33. The van der Waals surface area contributed by atoms with E-state index in [2.05, 4.69) is 35.0 Å². The molecule has 5 rings (SSSR count). The third kappa shape index (κ3) is 5.22. The van der Waals surface area contributed by atoms with Gasteiger partial charge in [0, 0.05) is 34.9 Å². The fourth-order valence-electron chi connectivity index (χ4n) is 4.47. The highest BCUT2D eigenvalue weighted by Gasteiger charge is 2.36. The summed E-state index contributed by atoms with van der Waals surface area (Å²) in [6.45, 7) is 6.39. The van der Waals surface area contributed by atoms with Gasteiger partial charge in [0.05, 0.1) is 4.91 Å². The second kappa shape index (κ2) is 10.1. The SMILES string of the molecule is Cc1cccc(Cn2cc(/C=C3/SC(=O)N(CC(=O)Nc4ccc(C)c(C)c4)C3=O)c3ccccc32)c1. The number of benzene rings is 3. The molecule has 6 nitrogen and oxygen atoms in total. The minimum Gasteiger partial charge on any atom is -0.342 e. The van der Waals surface area contributed by atoms with Crippen LogP contribution in [0, 0.1) is 20.8 Å². The number of imide groups is 1. The molecule has 0 aliphatic carbocycles. The highest BCUT2D eigenvalue weighted by Crippen LogP contribution is 2.34. The Balaban J connectivity index is 1.36. The molecule has 37 heavy (non-hydrogen) atoms. The van der Waals surface area contributed by atoms with Crippen LogP contribution in [0.5, 0.6) is 0 Å². The van der Waals surface area contributed by atoms with E-state index in [1.165, 1.54) is 11.1 Å². The van der Waals surface area contributed by atoms with Crippen molar-refractivity contribution >= 4 is 51.5 Å². The van der Waals surface area contributed by atoms with Crippen LogP contribution < -0.4 is 5.32 Å². The molecule has 2 heterocycles. The molecule has 1 aliphatic rings. The average molecular weight is 510 g/mol. The molecule has 1 N–H and O–H groups in total. The summed E-state index contributed by atoms with van der Waals surface area (Å²) in [7, 11) is 0. The third-order valence-corrected chi connectivity index (χ3v) is 7.41. The van der Waals surface area contributed by atoms with Crippen molar-refractivity contribution in [1.82, 2.24) is 9.47 Å². The Labute approximate surface area is 220 Å². The van der Waals surface area contributed by atoms with E-state index in [1.54, 1.807) is 12.1 Å². The molecular formula is C30H27N3O3S. The Morgan fingerprint density at radius 1 is 0.946 bits per heavy atom. The minimum absolute atomic E-state index is 0.308. The van der Waals surface area contributed by atoms with Gasteiger partial charge >= 0.3 is 0 Å². The summed E-state index contributed by atoms with van der Waals surface area (Å²) in [5, 5.41) is 3.33. The standard InChI is InChI=1S/C30H27N3O3S/c1-19-7-6-8-22(13-19)16-32-17-23(25-9-4-5-10-26(25)32)15-27-29(35)33(30(36)37-27)18-28(34)31-24-12-11-20(2)21(3)14-24/h4-15,17H,16,18H2,1-3H3,(H,31,34)/b27-15+. The summed E-state index contributed by atoms with van der Waals surface area (Å²) in [5.41, 5.74) is 7.09. The molecule has 3 aromatic carbocycles. The van der Waals surface area contributed by atoms with Crippen molar-refractivity contribution in [2.75, 3.05) is 11.9 Å². The van der Waals surface area contributed by atoms with Gasteiger partial charge in [-0.1, -0.05) is 54.1 Å². The highest BCUT2D eigenvalue weighted by molar-refractivity contribution is 8.18. The van der Waals surface area contributed by atoms with E-state index < -0.39 is 17.1 Å². The fraction of sp³-hybridized carbons (Fsp3) is 0.167. The Morgan fingerprint density at radius 3 is 2.54 bits per heavy atom. The van der Waals surface area contributed by atoms with E-state index in [9.17, 15) is 14.4 Å². The number of hydrogen-bond donors (Lipinski definition) is 1. The number of aryl methyl sites for hydroxylation is 3. The summed E-state index contributed by atoms with van der Waals surface area (Å²) >= 11 is 0.862. The van der Waals surface area contributed by atoms with Gasteiger partial charge in [0.25, 0.3) is 11.1 Å². The molecule has 7 heteroatoms. The third-order valence-electron chi connectivity index (χ3n) is 6.51. The van der Waals surface area contributed by atoms with Crippen LogP contribution >= 0.6 is 11.8 Å². The molecular weight excluding hydrogens is 482 g/mol. The Morgan fingerprint density at radius 2 is 1.76 bits per heavy atom. The zero-order valence-electron chi connectivity index (χ0n) is 20.9. The van der Waals surface area contributed by atoms with Crippen molar-refractivity contribution < 1.29 is 14.4 Å². The Bertz CT molecular complexity index is 1580. The second-order valence-electron chi connectivity index (χ2n) is 9.33. The number of aromatic nitrogens is 1. The molecule has 0 unspecified atom stereocenters. The summed E-state index contributed by atoms with van der Waals surface area (Å²) < 4.78 is 2.15. The second-order valence-corrected chi connectivity index (χ2v) is 10.3. The van der Waals surface area contributed by atoms with Crippen LogP contribution in [0.1, 0.15) is 27.8 Å². The van der Waals surface area contributed by atoms with Crippen LogP contribution in [0.3, 0.4) is 0 Å². The van der Waals surface area contributed by atoms with Crippen molar-refractivity contribution in [1.29, 1.82) is 0 Å². The first-order valence-electron chi connectivity index (χ1n) is 12.0. The van der Waals surface area contributed by atoms with Crippen molar-refractivity contribution in [2.45, 2.75) is 27.3 Å².